The third kappa shape index (κ3) is 3.77. The summed E-state index contributed by atoms with van der Waals surface area (Å²) in [6, 6.07) is -0.454. The Morgan fingerprint density at radius 3 is 2.56 bits per heavy atom. The van der Waals surface area contributed by atoms with Gasteiger partial charge in [-0.1, -0.05) is 20.8 Å². The number of hydrogen-bond acceptors (Lipinski definition) is 4. The zero-order valence-electron chi connectivity index (χ0n) is 15.2. The average molecular weight is 373 g/mol. The Balaban J connectivity index is 0.00000225. The summed E-state index contributed by atoms with van der Waals surface area (Å²) in [7, 11) is 0. The van der Waals surface area contributed by atoms with E-state index < -0.39 is 11.6 Å². The third-order valence-electron chi connectivity index (χ3n) is 5.49. The first-order chi connectivity index (χ1) is 11.1. The molecule has 0 aromatic heterocycles. The Morgan fingerprint density at radius 1 is 1.32 bits per heavy atom. The first-order valence-corrected chi connectivity index (χ1v) is 8.79. The minimum absolute atomic E-state index is 0. The molecule has 0 aromatic rings. The van der Waals surface area contributed by atoms with Gasteiger partial charge in [0.15, 0.2) is 0 Å². The van der Waals surface area contributed by atoms with Crippen molar-refractivity contribution in [3.05, 3.63) is 0 Å². The van der Waals surface area contributed by atoms with Crippen molar-refractivity contribution in [2.45, 2.75) is 58.0 Å². The number of urea groups is 1. The summed E-state index contributed by atoms with van der Waals surface area (Å²) in [5, 5.41) is 2.90. The summed E-state index contributed by atoms with van der Waals surface area (Å²) < 4.78 is 0. The summed E-state index contributed by atoms with van der Waals surface area (Å²) in [4.78, 5) is 40.5. The van der Waals surface area contributed by atoms with E-state index in [1.807, 2.05) is 0 Å². The lowest BCUT2D eigenvalue weighted by Gasteiger charge is -2.43. The molecule has 142 valence electrons. The van der Waals surface area contributed by atoms with Gasteiger partial charge in [0.05, 0.1) is 0 Å². The fourth-order valence-corrected chi connectivity index (χ4v) is 4.90. The van der Waals surface area contributed by atoms with E-state index in [4.69, 9.17) is 5.73 Å². The normalized spacial score (nSPS) is 34.2. The lowest BCUT2D eigenvalue weighted by Crippen LogP contribution is -2.54. The molecule has 3 fully saturated rings. The van der Waals surface area contributed by atoms with Gasteiger partial charge in [0.25, 0.3) is 5.91 Å². The molecule has 8 heteroatoms. The number of imide groups is 1. The van der Waals surface area contributed by atoms with Crippen LogP contribution in [0.4, 0.5) is 4.79 Å². The Hall–Kier alpha value is -1.34. The molecule has 2 unspecified atom stereocenters. The number of carbonyl (C=O) groups is 3. The molecule has 3 rings (SSSR count). The van der Waals surface area contributed by atoms with Crippen molar-refractivity contribution in [3.63, 3.8) is 0 Å². The molecular formula is C17H29ClN4O3. The van der Waals surface area contributed by atoms with E-state index in [2.05, 4.69) is 26.1 Å². The first-order valence-electron chi connectivity index (χ1n) is 8.79. The van der Waals surface area contributed by atoms with Crippen LogP contribution in [0.1, 0.15) is 46.5 Å². The van der Waals surface area contributed by atoms with Crippen molar-refractivity contribution in [2.75, 3.05) is 19.6 Å². The van der Waals surface area contributed by atoms with Gasteiger partial charge in [0.2, 0.25) is 5.91 Å². The maximum absolute atomic E-state index is 13.0. The fraction of sp³-hybridized carbons (Fsp3) is 0.824. The smallest absolute Gasteiger partial charge is 0.325 e. The van der Waals surface area contributed by atoms with Gasteiger partial charge < -0.3 is 16.0 Å². The van der Waals surface area contributed by atoms with Crippen molar-refractivity contribution in [3.8, 4) is 0 Å². The molecule has 2 saturated heterocycles. The summed E-state index contributed by atoms with van der Waals surface area (Å²) in [5.41, 5.74) is 4.97. The van der Waals surface area contributed by atoms with Crippen molar-refractivity contribution in [1.82, 2.24) is 15.1 Å². The molecule has 2 aliphatic heterocycles. The third-order valence-corrected chi connectivity index (χ3v) is 5.49. The Labute approximate surface area is 155 Å². The van der Waals surface area contributed by atoms with Gasteiger partial charge in [-0.2, -0.15) is 0 Å². The number of rotatable bonds is 2. The number of carbonyl (C=O) groups excluding carboxylic acids is 3. The number of nitrogens with zero attached hydrogens (tertiary/aromatic N) is 2. The topological polar surface area (TPSA) is 95.7 Å². The highest BCUT2D eigenvalue weighted by atomic mass is 35.5. The van der Waals surface area contributed by atoms with Crippen LogP contribution in [0.3, 0.4) is 0 Å². The number of amides is 4. The number of nitrogens with one attached hydrogen (secondary N) is 1. The highest BCUT2D eigenvalue weighted by Crippen LogP contribution is 2.46. The van der Waals surface area contributed by atoms with Crippen molar-refractivity contribution >= 4 is 30.3 Å². The summed E-state index contributed by atoms with van der Waals surface area (Å²) in [5.74, 6) is -0.0965. The zero-order chi connectivity index (χ0) is 17.7. The van der Waals surface area contributed by atoms with Gasteiger partial charge >= 0.3 is 6.03 Å². The van der Waals surface area contributed by atoms with Crippen molar-refractivity contribution in [1.29, 1.82) is 0 Å². The predicted molar refractivity (Wildman–Crippen MR) is 96.2 cm³/mol. The lowest BCUT2D eigenvalue weighted by molar-refractivity contribution is -0.140. The van der Waals surface area contributed by atoms with Crippen LogP contribution >= 0.6 is 12.4 Å². The number of likely N-dealkylation sites (tertiary alicyclic amines) is 1. The molecule has 1 spiro atoms. The molecular weight excluding hydrogens is 344 g/mol. The molecule has 25 heavy (non-hydrogen) atoms. The minimum atomic E-state index is -0.847. The molecule has 3 atom stereocenters. The molecule has 0 aromatic carbocycles. The second-order valence-electron chi connectivity index (χ2n) is 8.65. The standard InChI is InChI=1S/C17H28N4O3.ClH/c1-11-6-16(2,3)10-17(7-11)14(23)21(15(24)19-17)9-13(22)20-5-4-12(18)8-20;/h11-12H,4-10,18H2,1-3H3,(H,19,24);1H/t11?,12-,17?;/m1./s1. The van der Waals surface area contributed by atoms with E-state index in [-0.39, 0.29) is 42.2 Å². The molecule has 2 heterocycles. The maximum atomic E-state index is 13.0. The van der Waals surface area contributed by atoms with Crippen molar-refractivity contribution < 1.29 is 14.4 Å². The number of hydrogen-bond donors (Lipinski definition) is 2. The van der Waals surface area contributed by atoms with E-state index in [9.17, 15) is 14.4 Å². The lowest BCUT2D eigenvalue weighted by atomic mass is 9.64. The monoisotopic (exact) mass is 372 g/mol. The molecule has 4 amide bonds. The Morgan fingerprint density at radius 2 is 2.00 bits per heavy atom. The largest absolute Gasteiger partial charge is 0.340 e. The van der Waals surface area contributed by atoms with E-state index in [1.165, 1.54) is 0 Å². The van der Waals surface area contributed by atoms with Crippen LogP contribution in [0, 0.1) is 11.3 Å². The minimum Gasteiger partial charge on any atom is -0.340 e. The SMILES string of the molecule is CC1CC(C)(C)CC2(C1)NC(=O)N(CC(=O)N1CC[C@@H](N)C1)C2=O.Cl. The molecule has 1 aliphatic carbocycles. The highest BCUT2D eigenvalue weighted by Gasteiger charge is 2.56. The molecule has 3 N–H and O–H groups in total. The molecule has 1 saturated carbocycles. The zero-order valence-corrected chi connectivity index (χ0v) is 16.0. The van der Waals surface area contributed by atoms with Gasteiger partial charge in [-0.3, -0.25) is 14.5 Å². The summed E-state index contributed by atoms with van der Waals surface area (Å²) in [6.07, 6.45) is 3.05. The van der Waals surface area contributed by atoms with Crippen LogP contribution in [-0.4, -0.2) is 58.9 Å². The fourth-order valence-electron chi connectivity index (χ4n) is 4.90. The number of nitrogens with two attached hydrogens (primary N) is 1. The quantitative estimate of drug-likeness (QED) is 0.709. The summed E-state index contributed by atoms with van der Waals surface area (Å²) in [6.45, 7) is 7.28. The van der Waals surface area contributed by atoms with Crippen LogP contribution in [0.15, 0.2) is 0 Å². The summed E-state index contributed by atoms with van der Waals surface area (Å²) >= 11 is 0. The van der Waals surface area contributed by atoms with E-state index in [0.29, 0.717) is 31.8 Å². The van der Waals surface area contributed by atoms with Crippen LogP contribution in [0.5, 0.6) is 0 Å². The van der Waals surface area contributed by atoms with E-state index in [1.54, 1.807) is 4.90 Å². The van der Waals surface area contributed by atoms with E-state index >= 15 is 0 Å². The molecule has 0 bridgehead atoms. The van der Waals surface area contributed by atoms with Gasteiger partial charge in [-0.05, 0) is 37.0 Å². The van der Waals surface area contributed by atoms with Crippen LogP contribution in [0.2, 0.25) is 0 Å². The predicted octanol–water partition coefficient (Wildman–Crippen LogP) is 1.10. The molecule has 7 nitrogen and oxygen atoms in total. The first kappa shape index (κ1) is 20.0. The van der Waals surface area contributed by atoms with Crippen LogP contribution in [0.25, 0.3) is 0 Å². The number of halogens is 1. The van der Waals surface area contributed by atoms with Gasteiger partial charge in [0.1, 0.15) is 12.1 Å². The molecule has 3 aliphatic rings. The van der Waals surface area contributed by atoms with Crippen LogP contribution < -0.4 is 11.1 Å². The molecule has 0 radical (unpaired) electrons. The van der Waals surface area contributed by atoms with Gasteiger partial charge in [-0.15, -0.1) is 12.4 Å². The van der Waals surface area contributed by atoms with E-state index in [0.717, 1.165) is 17.7 Å². The average Bonchev–Trinajstić information content (AvgIpc) is 2.95. The second-order valence-corrected chi connectivity index (χ2v) is 8.65. The second kappa shape index (κ2) is 6.76. The highest BCUT2D eigenvalue weighted by molar-refractivity contribution is 6.09. The maximum Gasteiger partial charge on any atom is 0.325 e. The Kier molecular flexibility index (Phi) is 5.40. The Bertz CT molecular complexity index is 582. The van der Waals surface area contributed by atoms with Gasteiger partial charge in [-0.25, -0.2) is 4.79 Å². The van der Waals surface area contributed by atoms with Crippen LogP contribution in [-0.2, 0) is 9.59 Å². The van der Waals surface area contributed by atoms with Gasteiger partial charge in [0, 0.05) is 19.1 Å². The van der Waals surface area contributed by atoms with Crippen molar-refractivity contribution in [2.24, 2.45) is 17.1 Å².